The van der Waals surface area contributed by atoms with E-state index in [1.54, 1.807) is 12.1 Å². The highest BCUT2D eigenvalue weighted by Crippen LogP contribution is 2.18. The Bertz CT molecular complexity index is 429. The van der Waals surface area contributed by atoms with Crippen LogP contribution in [0.1, 0.15) is 39.5 Å². The monoisotopic (exact) mass is 263 g/mol. The second kappa shape index (κ2) is 8.29. The lowest BCUT2D eigenvalue weighted by molar-refractivity contribution is -0.124. The van der Waals surface area contributed by atoms with Crippen LogP contribution in [0, 0.1) is 0 Å². The molecule has 0 aromatic heterocycles. The molecule has 0 aliphatic carbocycles. The van der Waals surface area contributed by atoms with Gasteiger partial charge in [-0.25, -0.2) is 0 Å². The zero-order valence-corrected chi connectivity index (χ0v) is 11.6. The second-order valence-corrected chi connectivity index (χ2v) is 4.51. The van der Waals surface area contributed by atoms with Gasteiger partial charge in [0.25, 0.3) is 0 Å². The highest BCUT2D eigenvalue weighted by molar-refractivity contribution is 6.03. The first-order chi connectivity index (χ1) is 9.11. The van der Waals surface area contributed by atoms with Gasteiger partial charge in [-0.3, -0.25) is 9.59 Å². The summed E-state index contributed by atoms with van der Waals surface area (Å²) in [4.78, 5) is 22.3. The van der Waals surface area contributed by atoms with E-state index in [2.05, 4.69) is 12.2 Å². The number of Topliss-reactive ketones (excluding diaryl/α,β-unsaturated/α-hetero) is 1. The summed E-state index contributed by atoms with van der Waals surface area (Å²) in [5.41, 5.74) is 0.652. The summed E-state index contributed by atoms with van der Waals surface area (Å²) in [6, 6.07) is 7.21. The normalized spacial score (nSPS) is 10.0. The number of carbonyl (C=O) groups is 2. The maximum Gasteiger partial charge on any atom is 0.231 e. The van der Waals surface area contributed by atoms with Gasteiger partial charge in [0, 0.05) is 11.8 Å². The van der Waals surface area contributed by atoms with Crippen molar-refractivity contribution in [1.29, 1.82) is 0 Å². The first-order valence-corrected chi connectivity index (χ1v) is 6.64. The molecular weight excluding hydrogens is 242 g/mol. The van der Waals surface area contributed by atoms with Crippen LogP contribution in [0.15, 0.2) is 24.3 Å². The number of amides is 1. The van der Waals surface area contributed by atoms with E-state index in [4.69, 9.17) is 4.74 Å². The number of hydrogen-bond acceptors (Lipinski definition) is 3. The van der Waals surface area contributed by atoms with Crippen molar-refractivity contribution >= 4 is 17.4 Å². The van der Waals surface area contributed by atoms with Gasteiger partial charge in [-0.05, 0) is 25.5 Å². The van der Waals surface area contributed by atoms with Gasteiger partial charge in [0.1, 0.15) is 11.5 Å². The fourth-order valence-corrected chi connectivity index (χ4v) is 1.64. The second-order valence-electron chi connectivity index (χ2n) is 4.51. The molecule has 0 atom stereocenters. The van der Waals surface area contributed by atoms with Crippen LogP contribution in [0.25, 0.3) is 0 Å². The predicted molar refractivity (Wildman–Crippen MR) is 75.4 cm³/mol. The number of carbonyl (C=O) groups excluding carboxylic acids is 2. The molecule has 0 saturated heterocycles. The number of rotatable bonds is 8. The van der Waals surface area contributed by atoms with Crippen LogP contribution in [0.5, 0.6) is 5.75 Å². The third-order valence-electron chi connectivity index (χ3n) is 2.54. The molecule has 0 aliphatic rings. The molecule has 104 valence electrons. The lowest BCUT2D eigenvalue weighted by atomic mass is 10.2. The Labute approximate surface area is 114 Å². The molecule has 4 nitrogen and oxygen atoms in total. The number of ether oxygens (including phenoxy) is 1. The van der Waals surface area contributed by atoms with Crippen molar-refractivity contribution in [3.05, 3.63) is 24.3 Å². The molecule has 1 amide bonds. The zero-order chi connectivity index (χ0) is 14.1. The molecular formula is C15H21NO3. The number of nitrogens with one attached hydrogen (secondary N) is 1. The molecule has 19 heavy (non-hydrogen) atoms. The van der Waals surface area contributed by atoms with Crippen LogP contribution >= 0.6 is 0 Å². The quantitative estimate of drug-likeness (QED) is 0.579. The summed E-state index contributed by atoms with van der Waals surface area (Å²) in [6.07, 6.45) is 3.23. The summed E-state index contributed by atoms with van der Waals surface area (Å²) in [5, 5.41) is 2.68. The standard InChI is InChI=1S/C15H21NO3/c1-3-4-5-9-19-14-8-6-7-13(11-14)16-15(18)10-12(2)17/h6-8,11H,3-5,9-10H2,1-2H3,(H,16,18). The molecule has 0 aliphatic heterocycles. The number of ketones is 1. The first kappa shape index (κ1) is 15.2. The van der Waals surface area contributed by atoms with Gasteiger partial charge >= 0.3 is 0 Å². The summed E-state index contributed by atoms with van der Waals surface area (Å²) >= 11 is 0. The van der Waals surface area contributed by atoms with Gasteiger partial charge in [-0.1, -0.05) is 25.8 Å². The van der Waals surface area contributed by atoms with E-state index in [1.165, 1.54) is 6.92 Å². The van der Waals surface area contributed by atoms with Crippen LogP contribution in [0.3, 0.4) is 0 Å². The van der Waals surface area contributed by atoms with Gasteiger partial charge in [0.2, 0.25) is 5.91 Å². The Kier molecular flexibility index (Phi) is 6.64. The molecule has 0 unspecified atom stereocenters. The van der Waals surface area contributed by atoms with Crippen LogP contribution in [-0.4, -0.2) is 18.3 Å². The molecule has 0 saturated carbocycles. The van der Waals surface area contributed by atoms with E-state index in [0.29, 0.717) is 12.3 Å². The topological polar surface area (TPSA) is 55.4 Å². The van der Waals surface area contributed by atoms with E-state index in [-0.39, 0.29) is 18.1 Å². The molecule has 0 heterocycles. The maximum atomic E-state index is 11.5. The third-order valence-corrected chi connectivity index (χ3v) is 2.54. The summed E-state index contributed by atoms with van der Waals surface area (Å²) < 4.78 is 5.59. The maximum absolute atomic E-state index is 11.5. The molecule has 4 heteroatoms. The van der Waals surface area contributed by atoms with Gasteiger partial charge in [-0.2, -0.15) is 0 Å². The smallest absolute Gasteiger partial charge is 0.231 e. The molecule has 1 N–H and O–H groups in total. The molecule has 0 radical (unpaired) electrons. The Morgan fingerprint density at radius 2 is 2.05 bits per heavy atom. The van der Waals surface area contributed by atoms with Crippen LogP contribution in [0.2, 0.25) is 0 Å². The fourth-order valence-electron chi connectivity index (χ4n) is 1.64. The van der Waals surface area contributed by atoms with Crippen molar-refractivity contribution in [2.24, 2.45) is 0 Å². The summed E-state index contributed by atoms with van der Waals surface area (Å²) in [5.74, 6) is 0.289. The van der Waals surface area contributed by atoms with Crippen molar-refractivity contribution < 1.29 is 14.3 Å². The summed E-state index contributed by atoms with van der Waals surface area (Å²) in [7, 11) is 0. The number of hydrogen-bond donors (Lipinski definition) is 1. The van der Waals surface area contributed by atoms with Crippen LogP contribution in [0.4, 0.5) is 5.69 Å². The minimum Gasteiger partial charge on any atom is -0.494 e. The molecule has 0 fully saturated rings. The summed E-state index contributed by atoms with van der Waals surface area (Å²) in [6.45, 7) is 4.22. The first-order valence-electron chi connectivity index (χ1n) is 6.64. The highest BCUT2D eigenvalue weighted by Gasteiger charge is 2.06. The highest BCUT2D eigenvalue weighted by atomic mass is 16.5. The number of benzene rings is 1. The Morgan fingerprint density at radius 3 is 2.74 bits per heavy atom. The average molecular weight is 263 g/mol. The van der Waals surface area contributed by atoms with Crippen molar-refractivity contribution in [3.8, 4) is 5.75 Å². The van der Waals surface area contributed by atoms with E-state index >= 15 is 0 Å². The van der Waals surface area contributed by atoms with Crippen molar-refractivity contribution in [2.75, 3.05) is 11.9 Å². The fraction of sp³-hybridized carbons (Fsp3) is 0.467. The van der Waals surface area contributed by atoms with Gasteiger partial charge < -0.3 is 10.1 Å². The lowest BCUT2D eigenvalue weighted by Crippen LogP contribution is -2.14. The van der Waals surface area contributed by atoms with Crippen molar-refractivity contribution in [2.45, 2.75) is 39.5 Å². The Hall–Kier alpha value is -1.84. The SMILES string of the molecule is CCCCCOc1cccc(NC(=O)CC(C)=O)c1. The number of anilines is 1. The van der Waals surface area contributed by atoms with Crippen LogP contribution in [-0.2, 0) is 9.59 Å². The third kappa shape index (κ3) is 6.60. The van der Waals surface area contributed by atoms with Gasteiger partial charge in [0.15, 0.2) is 0 Å². The van der Waals surface area contributed by atoms with E-state index in [0.717, 1.165) is 25.0 Å². The lowest BCUT2D eigenvalue weighted by Gasteiger charge is -2.08. The Morgan fingerprint density at radius 1 is 1.26 bits per heavy atom. The van der Waals surface area contributed by atoms with Gasteiger partial charge in [-0.15, -0.1) is 0 Å². The largest absolute Gasteiger partial charge is 0.494 e. The van der Waals surface area contributed by atoms with Crippen LogP contribution < -0.4 is 10.1 Å². The molecule has 1 aromatic carbocycles. The van der Waals surface area contributed by atoms with Crippen molar-refractivity contribution in [1.82, 2.24) is 0 Å². The van der Waals surface area contributed by atoms with E-state index < -0.39 is 0 Å². The average Bonchev–Trinajstić information content (AvgIpc) is 2.34. The Balaban J connectivity index is 2.47. The van der Waals surface area contributed by atoms with E-state index in [1.807, 2.05) is 12.1 Å². The molecule has 1 aromatic rings. The minimum atomic E-state index is -0.296. The minimum absolute atomic E-state index is 0.0957. The van der Waals surface area contributed by atoms with E-state index in [9.17, 15) is 9.59 Å². The zero-order valence-electron chi connectivity index (χ0n) is 11.6. The molecule has 0 bridgehead atoms. The number of unbranched alkanes of at least 4 members (excludes halogenated alkanes) is 2. The van der Waals surface area contributed by atoms with Gasteiger partial charge in [0.05, 0.1) is 13.0 Å². The predicted octanol–water partition coefficient (Wildman–Crippen LogP) is 3.17. The van der Waals surface area contributed by atoms with Crippen molar-refractivity contribution in [3.63, 3.8) is 0 Å². The molecule has 1 rings (SSSR count). The molecule has 0 spiro atoms.